The molecule has 0 amide bonds. The smallest absolute Gasteiger partial charge is 0.251 e. The average Bonchev–Trinajstić information content (AvgIpc) is 2.50. The van der Waals surface area contributed by atoms with Crippen molar-refractivity contribution in [2.24, 2.45) is 0 Å². The molecule has 0 radical (unpaired) electrons. The van der Waals surface area contributed by atoms with Crippen LogP contribution in [0.15, 0.2) is 16.9 Å². The molecule has 110 valence electrons. The van der Waals surface area contributed by atoms with Gasteiger partial charge in [0.2, 0.25) is 5.75 Å². The first kappa shape index (κ1) is 14.7. The number of aryl methyl sites for hydroxylation is 1. The second-order valence-corrected chi connectivity index (χ2v) is 4.39. The van der Waals surface area contributed by atoms with Gasteiger partial charge in [0.15, 0.2) is 11.5 Å². The third-order valence-electron chi connectivity index (χ3n) is 3.23. The van der Waals surface area contributed by atoms with Gasteiger partial charge < -0.3 is 19.2 Å². The van der Waals surface area contributed by atoms with Gasteiger partial charge in [0.1, 0.15) is 0 Å². The lowest BCUT2D eigenvalue weighted by molar-refractivity contribution is 0.327. The number of hydrogen-bond acceptors (Lipinski definition) is 5. The van der Waals surface area contributed by atoms with E-state index in [1.807, 2.05) is 6.07 Å². The number of aromatic nitrogens is 1. The van der Waals surface area contributed by atoms with Crippen molar-refractivity contribution in [3.8, 4) is 23.3 Å². The highest BCUT2D eigenvalue weighted by molar-refractivity contribution is 5.90. The number of benzene rings is 1. The van der Waals surface area contributed by atoms with E-state index in [9.17, 15) is 4.79 Å². The van der Waals surface area contributed by atoms with Gasteiger partial charge in [-0.1, -0.05) is 0 Å². The highest BCUT2D eigenvalue weighted by atomic mass is 16.5. The molecule has 0 atom stereocenters. The summed E-state index contributed by atoms with van der Waals surface area (Å²) in [5.74, 6) is 1.43. The number of rotatable bonds is 5. The van der Waals surface area contributed by atoms with Gasteiger partial charge in [0, 0.05) is 23.4 Å². The molecule has 6 heteroatoms. The zero-order valence-electron chi connectivity index (χ0n) is 12.1. The molecule has 0 unspecified atom stereocenters. The van der Waals surface area contributed by atoms with E-state index in [0.29, 0.717) is 40.1 Å². The van der Waals surface area contributed by atoms with Crippen molar-refractivity contribution < 1.29 is 14.2 Å². The van der Waals surface area contributed by atoms with E-state index in [1.165, 1.54) is 21.3 Å². The van der Waals surface area contributed by atoms with Gasteiger partial charge in [0.25, 0.3) is 5.56 Å². The second-order valence-electron chi connectivity index (χ2n) is 4.39. The Morgan fingerprint density at radius 3 is 2.43 bits per heavy atom. The lowest BCUT2D eigenvalue weighted by Crippen LogP contribution is -2.12. The Hall–Kier alpha value is -2.68. The second kappa shape index (κ2) is 6.18. The van der Waals surface area contributed by atoms with E-state index in [2.05, 4.69) is 4.98 Å². The average molecular weight is 288 g/mol. The summed E-state index contributed by atoms with van der Waals surface area (Å²) in [5, 5.41) is 9.37. The maximum atomic E-state index is 12.0. The molecule has 2 rings (SSSR count). The molecule has 0 aliphatic carbocycles. The van der Waals surface area contributed by atoms with Crippen molar-refractivity contribution in [1.82, 2.24) is 4.98 Å². The van der Waals surface area contributed by atoms with Gasteiger partial charge in [-0.3, -0.25) is 4.79 Å². The molecule has 0 aliphatic heterocycles. The highest BCUT2D eigenvalue weighted by Crippen LogP contribution is 2.42. The third kappa shape index (κ3) is 2.63. The summed E-state index contributed by atoms with van der Waals surface area (Å²) in [6.07, 6.45) is 0.670. The maximum Gasteiger partial charge on any atom is 0.251 e. The Labute approximate surface area is 121 Å². The van der Waals surface area contributed by atoms with Crippen LogP contribution in [0.4, 0.5) is 0 Å². The van der Waals surface area contributed by atoms with Crippen LogP contribution >= 0.6 is 0 Å². The first-order chi connectivity index (χ1) is 10.2. The minimum Gasteiger partial charge on any atom is -0.493 e. The van der Waals surface area contributed by atoms with Gasteiger partial charge in [0.05, 0.1) is 32.9 Å². The van der Waals surface area contributed by atoms with Crippen LogP contribution in [0.5, 0.6) is 17.2 Å². The molecule has 0 bridgehead atoms. The fourth-order valence-electron chi connectivity index (χ4n) is 2.24. The summed E-state index contributed by atoms with van der Waals surface area (Å²) in [6.45, 7) is 0. The highest BCUT2D eigenvalue weighted by Gasteiger charge is 2.17. The van der Waals surface area contributed by atoms with E-state index < -0.39 is 0 Å². The molecule has 1 N–H and O–H groups in total. The van der Waals surface area contributed by atoms with Crippen LogP contribution in [0.3, 0.4) is 0 Å². The van der Waals surface area contributed by atoms with E-state index in [0.717, 1.165) is 0 Å². The van der Waals surface area contributed by atoms with Crippen LogP contribution in [-0.2, 0) is 6.42 Å². The summed E-state index contributed by atoms with van der Waals surface area (Å²) in [4.78, 5) is 14.8. The number of pyridine rings is 1. The zero-order valence-corrected chi connectivity index (χ0v) is 12.1. The van der Waals surface area contributed by atoms with Crippen LogP contribution in [-0.4, -0.2) is 26.3 Å². The number of ether oxygens (including phenoxy) is 3. The molecule has 6 nitrogen and oxygen atoms in total. The fourth-order valence-corrected chi connectivity index (χ4v) is 2.24. The van der Waals surface area contributed by atoms with Crippen molar-refractivity contribution >= 4 is 10.9 Å². The summed E-state index contributed by atoms with van der Waals surface area (Å²) in [5.41, 5.74) is 0.914. The molecule has 0 saturated carbocycles. The molecule has 0 fully saturated rings. The van der Waals surface area contributed by atoms with Crippen molar-refractivity contribution in [3.05, 3.63) is 28.0 Å². The topological polar surface area (TPSA) is 84.3 Å². The summed E-state index contributed by atoms with van der Waals surface area (Å²) < 4.78 is 16.0. The fraction of sp³-hybridized carbons (Fsp3) is 0.333. The van der Waals surface area contributed by atoms with Gasteiger partial charge in [-0.05, 0) is 12.5 Å². The molecule has 2 aromatic rings. The Kier molecular flexibility index (Phi) is 4.33. The van der Waals surface area contributed by atoms with Crippen molar-refractivity contribution in [2.45, 2.75) is 12.8 Å². The molecule has 0 saturated heterocycles. The Morgan fingerprint density at radius 2 is 1.86 bits per heavy atom. The summed E-state index contributed by atoms with van der Waals surface area (Å²) >= 11 is 0. The van der Waals surface area contributed by atoms with Crippen LogP contribution in [0, 0.1) is 11.3 Å². The molecular weight excluding hydrogens is 272 g/mol. The molecule has 1 aromatic heterocycles. The predicted molar refractivity (Wildman–Crippen MR) is 78.2 cm³/mol. The van der Waals surface area contributed by atoms with Crippen LogP contribution in [0.25, 0.3) is 10.9 Å². The first-order valence-corrected chi connectivity index (χ1v) is 6.38. The lowest BCUT2D eigenvalue weighted by Gasteiger charge is -2.15. The Morgan fingerprint density at radius 1 is 1.14 bits per heavy atom. The monoisotopic (exact) mass is 288 g/mol. The van der Waals surface area contributed by atoms with E-state index >= 15 is 0 Å². The van der Waals surface area contributed by atoms with Gasteiger partial charge in [-0.2, -0.15) is 5.26 Å². The number of nitriles is 1. The maximum absolute atomic E-state index is 12.0. The first-order valence-electron chi connectivity index (χ1n) is 6.38. The third-order valence-corrected chi connectivity index (χ3v) is 3.23. The van der Waals surface area contributed by atoms with Crippen molar-refractivity contribution in [1.29, 1.82) is 5.26 Å². The van der Waals surface area contributed by atoms with Crippen LogP contribution in [0.2, 0.25) is 0 Å². The molecule has 1 heterocycles. The molecule has 0 spiro atoms. The van der Waals surface area contributed by atoms with Gasteiger partial charge in [-0.25, -0.2) is 0 Å². The van der Waals surface area contributed by atoms with E-state index in [-0.39, 0.29) is 12.0 Å². The van der Waals surface area contributed by atoms with E-state index in [1.54, 1.807) is 12.1 Å². The number of nitrogens with one attached hydrogen (secondary N) is 1. The zero-order chi connectivity index (χ0) is 15.4. The van der Waals surface area contributed by atoms with Gasteiger partial charge in [-0.15, -0.1) is 0 Å². The summed E-state index contributed by atoms with van der Waals surface area (Å²) in [7, 11) is 4.56. The molecular formula is C15H16N2O4. The number of hydrogen-bond donors (Lipinski definition) is 1. The molecule has 1 aromatic carbocycles. The number of aromatic amines is 1. The van der Waals surface area contributed by atoms with Crippen LogP contribution in [0.1, 0.15) is 12.0 Å². The number of nitrogens with zero attached hydrogens (tertiary/aromatic N) is 1. The Balaban J connectivity index is 2.75. The van der Waals surface area contributed by atoms with Crippen molar-refractivity contribution in [3.63, 3.8) is 0 Å². The minimum absolute atomic E-state index is 0.216. The standard InChI is InChI=1S/C15H16N2O4/c1-19-12-8-11-10(13(20-2)14(12)21-3)7-9(5-4-6-16)15(18)17-11/h7-8H,4-5H2,1-3H3,(H,17,18). The quantitative estimate of drug-likeness (QED) is 0.909. The lowest BCUT2D eigenvalue weighted by atomic mass is 10.1. The van der Waals surface area contributed by atoms with Crippen LogP contribution < -0.4 is 19.8 Å². The molecule has 0 aliphatic rings. The number of fused-ring (bicyclic) bond motifs is 1. The minimum atomic E-state index is -0.216. The number of H-pyrrole nitrogens is 1. The van der Waals surface area contributed by atoms with Gasteiger partial charge >= 0.3 is 0 Å². The van der Waals surface area contributed by atoms with E-state index in [4.69, 9.17) is 19.5 Å². The largest absolute Gasteiger partial charge is 0.493 e. The SMILES string of the molecule is COc1cc2[nH]c(=O)c(CCC#N)cc2c(OC)c1OC. The molecule has 21 heavy (non-hydrogen) atoms. The van der Waals surface area contributed by atoms with Crippen molar-refractivity contribution in [2.75, 3.05) is 21.3 Å². The Bertz CT molecular complexity index is 759. The predicted octanol–water partition coefficient (Wildman–Crippen LogP) is 2.01. The normalized spacial score (nSPS) is 10.2. The number of methoxy groups -OCH3 is 3. The summed E-state index contributed by atoms with van der Waals surface area (Å²) in [6, 6.07) is 5.45.